The van der Waals surface area contributed by atoms with Crippen molar-refractivity contribution in [2.45, 2.75) is 20.4 Å². The van der Waals surface area contributed by atoms with Crippen molar-refractivity contribution in [1.82, 2.24) is 25.1 Å². The van der Waals surface area contributed by atoms with E-state index in [0.717, 1.165) is 43.0 Å². The highest BCUT2D eigenvalue weighted by molar-refractivity contribution is 6.31. The molecule has 0 radical (unpaired) electrons. The summed E-state index contributed by atoms with van der Waals surface area (Å²) < 4.78 is 1.76. The zero-order valence-corrected chi connectivity index (χ0v) is 16.8. The summed E-state index contributed by atoms with van der Waals surface area (Å²) in [5, 5.41) is 7.00. The normalized spacial score (nSPS) is 16.1. The number of hydrogen-bond donors (Lipinski definition) is 1. The number of halogens is 1. The number of aryl methyl sites for hydroxylation is 2. The smallest absolute Gasteiger partial charge is 0.258 e. The molecule has 0 atom stereocenters. The SMILES string of the molecule is Cc1ccc(Cn2nc(C)c(/C=C/C(=O)NN3CCN(C)CC3)c2Cl)cc1. The third-order valence-electron chi connectivity index (χ3n) is 4.74. The van der Waals surface area contributed by atoms with Gasteiger partial charge in [-0.25, -0.2) is 9.69 Å². The maximum atomic E-state index is 12.2. The van der Waals surface area contributed by atoms with E-state index >= 15 is 0 Å². The molecular formula is C20H26ClN5O. The second-order valence-electron chi connectivity index (χ2n) is 7.03. The largest absolute Gasteiger partial charge is 0.304 e. The fourth-order valence-corrected chi connectivity index (χ4v) is 3.30. The van der Waals surface area contributed by atoms with Crippen LogP contribution in [-0.2, 0) is 11.3 Å². The summed E-state index contributed by atoms with van der Waals surface area (Å²) in [4.78, 5) is 14.4. The maximum absolute atomic E-state index is 12.2. The number of rotatable bonds is 5. The molecule has 1 saturated heterocycles. The molecule has 27 heavy (non-hydrogen) atoms. The number of benzene rings is 1. The predicted octanol–water partition coefficient (Wildman–Crippen LogP) is 2.49. The molecule has 7 heteroatoms. The summed E-state index contributed by atoms with van der Waals surface area (Å²) in [7, 11) is 2.08. The van der Waals surface area contributed by atoms with Crippen LogP contribution >= 0.6 is 11.6 Å². The van der Waals surface area contributed by atoms with Gasteiger partial charge in [0.2, 0.25) is 0 Å². The van der Waals surface area contributed by atoms with E-state index in [-0.39, 0.29) is 5.91 Å². The first-order valence-electron chi connectivity index (χ1n) is 9.13. The Kier molecular flexibility index (Phi) is 6.31. The summed E-state index contributed by atoms with van der Waals surface area (Å²) in [6.07, 6.45) is 3.26. The van der Waals surface area contributed by atoms with Gasteiger partial charge in [0.15, 0.2) is 0 Å². The van der Waals surface area contributed by atoms with Gasteiger partial charge in [0.1, 0.15) is 5.15 Å². The highest BCUT2D eigenvalue weighted by atomic mass is 35.5. The van der Waals surface area contributed by atoms with Gasteiger partial charge < -0.3 is 4.90 Å². The summed E-state index contributed by atoms with van der Waals surface area (Å²) in [6, 6.07) is 8.29. The van der Waals surface area contributed by atoms with E-state index in [2.05, 4.69) is 53.7 Å². The van der Waals surface area contributed by atoms with Gasteiger partial charge in [-0.05, 0) is 32.5 Å². The van der Waals surface area contributed by atoms with E-state index in [4.69, 9.17) is 11.6 Å². The number of nitrogens with one attached hydrogen (secondary N) is 1. The number of hydrogen-bond acceptors (Lipinski definition) is 4. The molecule has 1 amide bonds. The molecule has 1 aromatic heterocycles. The predicted molar refractivity (Wildman–Crippen MR) is 109 cm³/mol. The summed E-state index contributed by atoms with van der Waals surface area (Å²) in [6.45, 7) is 8.10. The lowest BCUT2D eigenvalue weighted by atomic mass is 10.1. The molecule has 2 aromatic rings. The van der Waals surface area contributed by atoms with E-state index in [9.17, 15) is 4.79 Å². The van der Waals surface area contributed by atoms with E-state index in [1.165, 1.54) is 11.6 Å². The van der Waals surface area contributed by atoms with Gasteiger partial charge in [0.05, 0.1) is 12.2 Å². The van der Waals surface area contributed by atoms with Crippen LogP contribution in [0.3, 0.4) is 0 Å². The number of nitrogens with zero attached hydrogens (tertiary/aromatic N) is 4. The number of piperazine rings is 1. The molecule has 1 aliphatic heterocycles. The van der Waals surface area contributed by atoms with E-state index < -0.39 is 0 Å². The van der Waals surface area contributed by atoms with Crippen molar-refractivity contribution >= 4 is 23.6 Å². The summed E-state index contributed by atoms with van der Waals surface area (Å²) in [5.41, 5.74) is 6.84. The zero-order chi connectivity index (χ0) is 19.4. The standard InChI is InChI=1S/C20H26ClN5O/c1-15-4-6-17(7-5-15)14-26-20(21)18(16(2)22-26)8-9-19(27)23-25-12-10-24(3)11-13-25/h4-9H,10-14H2,1-3H3,(H,23,27)/b9-8+. The number of carbonyl (C=O) groups excluding carboxylic acids is 1. The Morgan fingerprint density at radius 3 is 2.52 bits per heavy atom. The van der Waals surface area contributed by atoms with Crippen molar-refractivity contribution in [2.75, 3.05) is 33.2 Å². The van der Waals surface area contributed by atoms with E-state index in [1.54, 1.807) is 10.8 Å². The number of carbonyl (C=O) groups is 1. The maximum Gasteiger partial charge on any atom is 0.258 e. The monoisotopic (exact) mass is 387 g/mol. The summed E-state index contributed by atoms with van der Waals surface area (Å²) in [5.74, 6) is -0.152. The van der Waals surface area contributed by atoms with Crippen LogP contribution in [0.4, 0.5) is 0 Å². The van der Waals surface area contributed by atoms with Crippen molar-refractivity contribution in [3.63, 3.8) is 0 Å². The Labute approximate surface area is 165 Å². The average molecular weight is 388 g/mol. The third kappa shape index (κ3) is 5.19. The van der Waals surface area contributed by atoms with Gasteiger partial charge in [0.25, 0.3) is 5.91 Å². The molecular weight excluding hydrogens is 362 g/mol. The number of likely N-dealkylation sites (N-methyl/N-ethyl adjacent to an activating group) is 1. The highest BCUT2D eigenvalue weighted by Gasteiger charge is 2.15. The first-order valence-corrected chi connectivity index (χ1v) is 9.51. The van der Waals surface area contributed by atoms with E-state index in [0.29, 0.717) is 11.7 Å². The van der Waals surface area contributed by atoms with Gasteiger partial charge in [-0.2, -0.15) is 5.10 Å². The molecule has 144 valence electrons. The second-order valence-corrected chi connectivity index (χ2v) is 7.39. The van der Waals surface area contributed by atoms with Crippen LogP contribution in [0.25, 0.3) is 6.08 Å². The molecule has 6 nitrogen and oxygen atoms in total. The number of aromatic nitrogens is 2. The van der Waals surface area contributed by atoms with Crippen LogP contribution in [0.5, 0.6) is 0 Å². The Bertz CT molecular complexity index is 820. The van der Waals surface area contributed by atoms with Gasteiger partial charge in [-0.1, -0.05) is 41.4 Å². The van der Waals surface area contributed by atoms with Crippen molar-refractivity contribution < 1.29 is 4.79 Å². The second kappa shape index (κ2) is 8.69. The fraction of sp³-hybridized carbons (Fsp3) is 0.400. The van der Waals surface area contributed by atoms with Crippen LogP contribution in [-0.4, -0.2) is 58.8 Å². The van der Waals surface area contributed by atoms with Crippen LogP contribution < -0.4 is 5.43 Å². The highest BCUT2D eigenvalue weighted by Crippen LogP contribution is 2.22. The van der Waals surface area contributed by atoms with Crippen molar-refractivity contribution in [3.8, 4) is 0 Å². The van der Waals surface area contributed by atoms with E-state index in [1.807, 2.05) is 11.9 Å². The quantitative estimate of drug-likeness (QED) is 0.801. The van der Waals surface area contributed by atoms with Crippen molar-refractivity contribution in [1.29, 1.82) is 0 Å². The fourth-order valence-electron chi connectivity index (χ4n) is 3.00. The first kappa shape index (κ1) is 19.6. The third-order valence-corrected chi connectivity index (χ3v) is 5.13. The van der Waals surface area contributed by atoms with Crippen molar-refractivity contribution in [3.05, 3.63) is 57.9 Å². The lowest BCUT2D eigenvalue weighted by molar-refractivity contribution is -0.121. The minimum atomic E-state index is -0.152. The van der Waals surface area contributed by atoms with Crippen LogP contribution in [0.1, 0.15) is 22.4 Å². The molecule has 0 bridgehead atoms. The lowest BCUT2D eigenvalue weighted by Crippen LogP contribution is -2.52. The lowest BCUT2D eigenvalue weighted by Gasteiger charge is -2.31. The molecule has 1 aromatic carbocycles. The van der Waals surface area contributed by atoms with Crippen LogP contribution in [0, 0.1) is 13.8 Å². The summed E-state index contributed by atoms with van der Waals surface area (Å²) >= 11 is 6.50. The van der Waals surface area contributed by atoms with Gasteiger partial charge in [-0.3, -0.25) is 10.2 Å². The van der Waals surface area contributed by atoms with Crippen LogP contribution in [0.15, 0.2) is 30.3 Å². The number of amides is 1. The van der Waals surface area contributed by atoms with Gasteiger partial charge in [-0.15, -0.1) is 0 Å². The molecule has 0 aliphatic carbocycles. The zero-order valence-electron chi connectivity index (χ0n) is 16.1. The minimum absolute atomic E-state index is 0.152. The average Bonchev–Trinajstić information content (AvgIpc) is 2.90. The van der Waals surface area contributed by atoms with Gasteiger partial charge >= 0.3 is 0 Å². The molecule has 0 unspecified atom stereocenters. The van der Waals surface area contributed by atoms with Gasteiger partial charge in [0, 0.05) is 37.8 Å². The molecule has 1 fully saturated rings. The Balaban J connectivity index is 1.64. The topological polar surface area (TPSA) is 53.4 Å². The molecule has 3 rings (SSSR count). The van der Waals surface area contributed by atoms with Crippen LogP contribution in [0.2, 0.25) is 5.15 Å². The Morgan fingerprint density at radius 2 is 1.85 bits per heavy atom. The Hall–Kier alpha value is -2.15. The number of hydrazine groups is 1. The molecule has 0 spiro atoms. The molecule has 1 N–H and O–H groups in total. The molecule has 0 saturated carbocycles. The van der Waals surface area contributed by atoms with Crippen molar-refractivity contribution in [2.24, 2.45) is 0 Å². The molecule has 2 heterocycles. The first-order chi connectivity index (χ1) is 12.9. The Morgan fingerprint density at radius 1 is 1.19 bits per heavy atom. The molecule has 1 aliphatic rings. The minimum Gasteiger partial charge on any atom is -0.304 e.